The highest BCUT2D eigenvalue weighted by atomic mass is 32.2. The number of halogens is 1. The number of benzene rings is 3. The van der Waals surface area contributed by atoms with Crippen LogP contribution >= 0.6 is 23.1 Å². The Morgan fingerprint density at radius 2 is 1.61 bits per heavy atom. The fourth-order valence-corrected chi connectivity index (χ4v) is 6.72. The first-order valence-electron chi connectivity index (χ1n) is 13.5. The second kappa shape index (κ2) is 12.2. The van der Waals surface area contributed by atoms with E-state index in [0.29, 0.717) is 49.7 Å². The molecule has 0 radical (unpaired) electrons. The molecule has 0 bridgehead atoms. The van der Waals surface area contributed by atoms with E-state index >= 15 is 0 Å². The zero-order valence-corrected chi connectivity index (χ0v) is 24.2. The van der Waals surface area contributed by atoms with Crippen molar-refractivity contribution in [1.29, 1.82) is 0 Å². The summed E-state index contributed by atoms with van der Waals surface area (Å²) in [5, 5.41) is 12.6. The van der Waals surface area contributed by atoms with E-state index in [4.69, 9.17) is 0 Å². The van der Waals surface area contributed by atoms with Crippen molar-refractivity contribution in [2.75, 3.05) is 31.1 Å². The molecule has 0 N–H and O–H groups in total. The standard InChI is InChI=1S/C31H29FN6OS2/c1-22-9-5-7-13-26(22)38-28(19-23-10-3-2-4-11-23)34-35-31(38)41-21-29-33-25(20-40-29)30(39)37-17-15-36(16-18-37)27-14-8-6-12-24(27)32/h2-14,20H,15-19,21H2,1H3. The Bertz CT molecular complexity index is 1650. The summed E-state index contributed by atoms with van der Waals surface area (Å²) < 4.78 is 16.3. The van der Waals surface area contributed by atoms with Crippen molar-refractivity contribution >= 4 is 34.7 Å². The number of hydrogen-bond acceptors (Lipinski definition) is 7. The number of thioether (sulfide) groups is 1. The molecule has 1 saturated heterocycles. The van der Waals surface area contributed by atoms with Gasteiger partial charge in [-0.3, -0.25) is 9.36 Å². The minimum atomic E-state index is -0.237. The van der Waals surface area contributed by atoms with Crippen LogP contribution in [0.2, 0.25) is 0 Å². The molecule has 1 aliphatic heterocycles. The quantitative estimate of drug-likeness (QED) is 0.208. The molecule has 1 aliphatic rings. The number of thiazole rings is 1. The van der Waals surface area contributed by atoms with Gasteiger partial charge in [0.25, 0.3) is 5.91 Å². The average molecular weight is 585 g/mol. The van der Waals surface area contributed by atoms with Crippen LogP contribution in [0.15, 0.2) is 89.4 Å². The molecule has 10 heteroatoms. The second-order valence-corrected chi connectivity index (χ2v) is 11.7. The number of carbonyl (C=O) groups is 1. The van der Waals surface area contributed by atoms with E-state index in [1.54, 1.807) is 28.8 Å². The Morgan fingerprint density at radius 3 is 2.37 bits per heavy atom. The number of anilines is 1. The van der Waals surface area contributed by atoms with E-state index in [1.165, 1.54) is 23.0 Å². The molecule has 3 heterocycles. The second-order valence-electron chi connectivity index (χ2n) is 9.83. The predicted octanol–water partition coefficient (Wildman–Crippen LogP) is 6.02. The van der Waals surface area contributed by atoms with E-state index in [0.717, 1.165) is 27.2 Å². The normalized spacial score (nSPS) is 13.5. The topological polar surface area (TPSA) is 67.2 Å². The van der Waals surface area contributed by atoms with Crippen LogP contribution < -0.4 is 4.90 Å². The first-order valence-corrected chi connectivity index (χ1v) is 15.3. The van der Waals surface area contributed by atoms with Gasteiger partial charge in [0, 0.05) is 38.0 Å². The minimum Gasteiger partial charge on any atom is -0.366 e. The number of amides is 1. The lowest BCUT2D eigenvalue weighted by Gasteiger charge is -2.35. The summed E-state index contributed by atoms with van der Waals surface area (Å²) in [5.74, 6) is 1.13. The molecule has 41 heavy (non-hydrogen) atoms. The Morgan fingerprint density at radius 1 is 0.902 bits per heavy atom. The largest absolute Gasteiger partial charge is 0.366 e. The van der Waals surface area contributed by atoms with Crippen molar-refractivity contribution in [2.45, 2.75) is 24.3 Å². The number of rotatable bonds is 8. The maximum absolute atomic E-state index is 14.2. The monoisotopic (exact) mass is 584 g/mol. The summed E-state index contributed by atoms with van der Waals surface area (Å²) in [4.78, 5) is 21.6. The van der Waals surface area contributed by atoms with Gasteiger partial charge in [-0.15, -0.1) is 21.5 Å². The van der Waals surface area contributed by atoms with Gasteiger partial charge in [-0.2, -0.15) is 0 Å². The van der Waals surface area contributed by atoms with E-state index in [-0.39, 0.29) is 11.7 Å². The van der Waals surface area contributed by atoms with Crippen LogP contribution in [-0.2, 0) is 12.2 Å². The van der Waals surface area contributed by atoms with Crippen LogP contribution in [0.5, 0.6) is 0 Å². The van der Waals surface area contributed by atoms with E-state index in [1.807, 2.05) is 46.7 Å². The van der Waals surface area contributed by atoms with Gasteiger partial charge in [-0.25, -0.2) is 9.37 Å². The predicted molar refractivity (Wildman–Crippen MR) is 162 cm³/mol. The van der Waals surface area contributed by atoms with E-state index in [9.17, 15) is 9.18 Å². The van der Waals surface area contributed by atoms with Gasteiger partial charge in [0.15, 0.2) is 5.16 Å². The average Bonchev–Trinajstić information content (AvgIpc) is 3.64. The van der Waals surface area contributed by atoms with Gasteiger partial charge >= 0.3 is 0 Å². The summed E-state index contributed by atoms with van der Waals surface area (Å²) in [6.45, 7) is 4.31. The molecular formula is C31H29FN6OS2. The van der Waals surface area contributed by atoms with Crippen LogP contribution in [-0.4, -0.2) is 56.7 Å². The lowest BCUT2D eigenvalue weighted by molar-refractivity contribution is 0.0741. The number of hydrogen-bond donors (Lipinski definition) is 0. The summed E-state index contributed by atoms with van der Waals surface area (Å²) >= 11 is 3.04. The fraction of sp³-hybridized carbons (Fsp3) is 0.226. The molecule has 5 aromatic rings. The number of piperazine rings is 1. The third-order valence-electron chi connectivity index (χ3n) is 7.12. The Balaban J connectivity index is 1.13. The first-order chi connectivity index (χ1) is 20.1. The van der Waals surface area contributed by atoms with Gasteiger partial charge in [-0.05, 0) is 36.2 Å². The Hall–Kier alpha value is -4.02. The number of nitrogens with zero attached hydrogens (tertiary/aromatic N) is 6. The molecule has 6 rings (SSSR count). The fourth-order valence-electron chi connectivity index (χ4n) is 4.97. The van der Waals surface area contributed by atoms with Gasteiger partial charge in [-0.1, -0.05) is 72.4 Å². The van der Waals surface area contributed by atoms with Crippen molar-refractivity contribution in [3.63, 3.8) is 0 Å². The summed E-state index contributed by atoms with van der Waals surface area (Å²) in [7, 11) is 0. The lowest BCUT2D eigenvalue weighted by atomic mass is 10.1. The van der Waals surface area contributed by atoms with Crippen molar-refractivity contribution in [2.24, 2.45) is 0 Å². The molecule has 2 aromatic heterocycles. The van der Waals surface area contributed by atoms with Crippen molar-refractivity contribution < 1.29 is 9.18 Å². The molecule has 0 unspecified atom stereocenters. The number of aryl methyl sites for hydroxylation is 1. The molecule has 1 fully saturated rings. The maximum Gasteiger partial charge on any atom is 0.273 e. The van der Waals surface area contributed by atoms with Crippen LogP contribution in [0.3, 0.4) is 0 Å². The van der Waals surface area contributed by atoms with Crippen molar-refractivity contribution in [3.05, 3.63) is 118 Å². The third kappa shape index (κ3) is 6.03. The number of aromatic nitrogens is 4. The molecular weight excluding hydrogens is 556 g/mol. The molecule has 0 atom stereocenters. The molecule has 208 valence electrons. The Kier molecular flexibility index (Phi) is 8.11. The molecule has 0 aliphatic carbocycles. The SMILES string of the molecule is Cc1ccccc1-n1c(Cc2ccccc2)nnc1SCc1nc(C(=O)N2CCN(c3ccccc3F)CC2)cs1. The summed E-state index contributed by atoms with van der Waals surface area (Å²) in [6.07, 6.45) is 0.669. The van der Waals surface area contributed by atoms with Gasteiger partial charge in [0.2, 0.25) is 0 Å². The van der Waals surface area contributed by atoms with Crippen LogP contribution in [0.1, 0.15) is 32.4 Å². The number of para-hydroxylation sites is 2. The van der Waals surface area contributed by atoms with Gasteiger partial charge < -0.3 is 9.80 Å². The summed E-state index contributed by atoms with van der Waals surface area (Å²) in [5.41, 5.74) is 4.40. The highest BCUT2D eigenvalue weighted by Gasteiger charge is 2.25. The molecule has 0 saturated carbocycles. The highest BCUT2D eigenvalue weighted by molar-refractivity contribution is 7.98. The zero-order chi connectivity index (χ0) is 28.2. The smallest absolute Gasteiger partial charge is 0.273 e. The molecule has 1 amide bonds. The highest BCUT2D eigenvalue weighted by Crippen LogP contribution is 2.29. The van der Waals surface area contributed by atoms with Crippen LogP contribution in [0.25, 0.3) is 5.69 Å². The molecule has 3 aromatic carbocycles. The lowest BCUT2D eigenvalue weighted by Crippen LogP contribution is -2.49. The Labute approximate surface area is 246 Å². The van der Waals surface area contributed by atoms with E-state index in [2.05, 4.69) is 50.9 Å². The van der Waals surface area contributed by atoms with E-state index < -0.39 is 0 Å². The number of carbonyl (C=O) groups excluding carboxylic acids is 1. The summed E-state index contributed by atoms with van der Waals surface area (Å²) in [6, 6.07) is 25.3. The minimum absolute atomic E-state index is 0.0843. The van der Waals surface area contributed by atoms with Crippen molar-refractivity contribution in [1.82, 2.24) is 24.6 Å². The zero-order valence-electron chi connectivity index (χ0n) is 22.6. The molecule has 7 nitrogen and oxygen atoms in total. The molecule has 0 spiro atoms. The van der Waals surface area contributed by atoms with Gasteiger partial charge in [0.1, 0.15) is 22.3 Å². The maximum atomic E-state index is 14.2. The van der Waals surface area contributed by atoms with Crippen LogP contribution in [0.4, 0.5) is 10.1 Å². The van der Waals surface area contributed by atoms with Crippen LogP contribution in [0, 0.1) is 12.7 Å². The third-order valence-corrected chi connectivity index (χ3v) is 9.09. The van der Waals surface area contributed by atoms with Crippen molar-refractivity contribution in [3.8, 4) is 5.69 Å². The van der Waals surface area contributed by atoms with Gasteiger partial charge in [0.05, 0.1) is 17.1 Å². The first kappa shape index (κ1) is 27.2.